The second-order valence-corrected chi connectivity index (χ2v) is 6.52. The number of benzene rings is 1. The minimum Gasteiger partial charge on any atom is -0.373 e. The summed E-state index contributed by atoms with van der Waals surface area (Å²) in [7, 11) is 0. The molecular formula is C17H26N2O2. The molecule has 4 heteroatoms. The van der Waals surface area contributed by atoms with Crippen molar-refractivity contribution in [2.24, 2.45) is 0 Å². The van der Waals surface area contributed by atoms with Gasteiger partial charge >= 0.3 is 0 Å². The Morgan fingerprint density at radius 3 is 2.38 bits per heavy atom. The molecule has 0 aromatic heterocycles. The minimum atomic E-state index is -0.0866. The SMILES string of the molecule is C[C@@H]1CN(C(C)(C)CNC(=O)c2ccccc2)C[C@H](C)O1. The van der Waals surface area contributed by atoms with Crippen LogP contribution >= 0.6 is 0 Å². The van der Waals surface area contributed by atoms with Crippen LogP contribution in [0.5, 0.6) is 0 Å². The van der Waals surface area contributed by atoms with Crippen molar-refractivity contribution in [2.45, 2.75) is 45.4 Å². The molecule has 1 fully saturated rings. The Balaban J connectivity index is 1.93. The average molecular weight is 290 g/mol. The summed E-state index contributed by atoms with van der Waals surface area (Å²) >= 11 is 0. The lowest BCUT2D eigenvalue weighted by Gasteiger charge is -2.45. The van der Waals surface area contributed by atoms with Crippen molar-refractivity contribution in [1.29, 1.82) is 0 Å². The molecule has 1 N–H and O–H groups in total. The number of nitrogens with zero attached hydrogens (tertiary/aromatic N) is 1. The van der Waals surface area contributed by atoms with E-state index in [9.17, 15) is 4.79 Å². The zero-order valence-corrected chi connectivity index (χ0v) is 13.4. The molecule has 0 unspecified atom stereocenters. The zero-order valence-electron chi connectivity index (χ0n) is 13.4. The second kappa shape index (κ2) is 6.58. The zero-order chi connectivity index (χ0) is 15.5. The van der Waals surface area contributed by atoms with Gasteiger partial charge in [-0.3, -0.25) is 9.69 Å². The molecule has 0 aliphatic carbocycles. The number of morpholine rings is 1. The molecule has 1 aliphatic heterocycles. The highest BCUT2D eigenvalue weighted by Gasteiger charge is 2.33. The lowest BCUT2D eigenvalue weighted by atomic mass is 10.00. The molecule has 1 amide bonds. The van der Waals surface area contributed by atoms with Gasteiger partial charge < -0.3 is 10.1 Å². The van der Waals surface area contributed by atoms with Crippen LogP contribution in [-0.2, 0) is 4.74 Å². The number of hydrogen-bond donors (Lipinski definition) is 1. The number of amides is 1. The Morgan fingerprint density at radius 2 is 1.81 bits per heavy atom. The molecule has 0 saturated carbocycles. The second-order valence-electron chi connectivity index (χ2n) is 6.52. The van der Waals surface area contributed by atoms with E-state index in [0.717, 1.165) is 13.1 Å². The fraction of sp³-hybridized carbons (Fsp3) is 0.588. The molecule has 1 saturated heterocycles. The smallest absolute Gasteiger partial charge is 0.251 e. The third-order valence-electron chi connectivity index (χ3n) is 3.99. The molecule has 0 spiro atoms. The van der Waals surface area contributed by atoms with Crippen LogP contribution in [0, 0.1) is 0 Å². The third-order valence-corrected chi connectivity index (χ3v) is 3.99. The Kier molecular flexibility index (Phi) is 5.01. The highest BCUT2D eigenvalue weighted by atomic mass is 16.5. The predicted molar refractivity (Wildman–Crippen MR) is 84.4 cm³/mol. The number of hydrogen-bond acceptors (Lipinski definition) is 3. The highest BCUT2D eigenvalue weighted by molar-refractivity contribution is 5.94. The van der Waals surface area contributed by atoms with Crippen molar-refractivity contribution in [1.82, 2.24) is 10.2 Å². The van der Waals surface area contributed by atoms with Crippen molar-refractivity contribution < 1.29 is 9.53 Å². The van der Waals surface area contributed by atoms with E-state index in [-0.39, 0.29) is 23.7 Å². The quantitative estimate of drug-likeness (QED) is 0.925. The Labute approximate surface area is 127 Å². The van der Waals surface area contributed by atoms with Crippen LogP contribution in [0.4, 0.5) is 0 Å². The maximum absolute atomic E-state index is 12.1. The van der Waals surface area contributed by atoms with Crippen molar-refractivity contribution in [3.05, 3.63) is 35.9 Å². The molecule has 0 radical (unpaired) electrons. The first-order valence-corrected chi connectivity index (χ1v) is 7.62. The van der Waals surface area contributed by atoms with Crippen molar-refractivity contribution in [2.75, 3.05) is 19.6 Å². The Hall–Kier alpha value is -1.39. The Morgan fingerprint density at radius 1 is 1.24 bits per heavy atom. The largest absolute Gasteiger partial charge is 0.373 e. The Bertz CT molecular complexity index is 463. The van der Waals surface area contributed by atoms with Gasteiger partial charge in [0, 0.05) is 30.7 Å². The van der Waals surface area contributed by atoms with Crippen LogP contribution in [-0.4, -0.2) is 48.2 Å². The van der Waals surface area contributed by atoms with Gasteiger partial charge in [0.05, 0.1) is 12.2 Å². The molecular weight excluding hydrogens is 264 g/mol. The van der Waals surface area contributed by atoms with Crippen LogP contribution in [0.15, 0.2) is 30.3 Å². The minimum absolute atomic E-state index is 0.0157. The summed E-state index contributed by atoms with van der Waals surface area (Å²) in [4.78, 5) is 14.5. The van der Waals surface area contributed by atoms with Gasteiger partial charge in [0.2, 0.25) is 0 Å². The maximum Gasteiger partial charge on any atom is 0.251 e. The first-order chi connectivity index (χ1) is 9.88. The molecule has 1 aromatic rings. The van der Waals surface area contributed by atoms with E-state index in [2.05, 4.69) is 37.9 Å². The monoisotopic (exact) mass is 290 g/mol. The van der Waals surface area contributed by atoms with Gasteiger partial charge in [-0.25, -0.2) is 0 Å². The van der Waals surface area contributed by atoms with E-state index in [4.69, 9.17) is 4.74 Å². The fourth-order valence-electron chi connectivity index (χ4n) is 2.77. The van der Waals surface area contributed by atoms with Crippen LogP contribution in [0.25, 0.3) is 0 Å². The summed E-state index contributed by atoms with van der Waals surface area (Å²) in [6, 6.07) is 9.34. The molecule has 4 nitrogen and oxygen atoms in total. The van der Waals surface area contributed by atoms with Gasteiger partial charge in [-0.15, -0.1) is 0 Å². The van der Waals surface area contributed by atoms with E-state index in [1.807, 2.05) is 30.3 Å². The van der Waals surface area contributed by atoms with E-state index in [1.165, 1.54) is 0 Å². The topological polar surface area (TPSA) is 41.6 Å². The fourth-order valence-corrected chi connectivity index (χ4v) is 2.77. The first-order valence-electron chi connectivity index (χ1n) is 7.62. The summed E-state index contributed by atoms with van der Waals surface area (Å²) in [6.45, 7) is 11.0. The molecule has 2 rings (SSSR count). The number of rotatable bonds is 4. The van der Waals surface area contributed by atoms with Crippen molar-refractivity contribution >= 4 is 5.91 Å². The standard InChI is InChI=1S/C17H26N2O2/c1-13-10-19(11-14(2)21-13)17(3,4)12-18-16(20)15-8-6-5-7-9-15/h5-9,13-14H,10-12H2,1-4H3,(H,18,20)/t13-,14+. The lowest BCUT2D eigenvalue weighted by molar-refractivity contribution is -0.0948. The van der Waals surface area contributed by atoms with Crippen molar-refractivity contribution in [3.63, 3.8) is 0 Å². The summed E-state index contributed by atoms with van der Waals surface area (Å²) in [5.41, 5.74) is 0.619. The number of carbonyl (C=O) groups is 1. The molecule has 2 atom stereocenters. The molecule has 0 bridgehead atoms. The third kappa shape index (κ3) is 4.29. The van der Waals surface area contributed by atoms with Gasteiger partial charge in [0.15, 0.2) is 0 Å². The summed E-state index contributed by atoms with van der Waals surface area (Å²) in [5.74, 6) is -0.0157. The summed E-state index contributed by atoms with van der Waals surface area (Å²) < 4.78 is 5.78. The van der Waals surface area contributed by atoms with Crippen LogP contribution in [0.1, 0.15) is 38.1 Å². The highest BCUT2D eigenvalue weighted by Crippen LogP contribution is 2.20. The number of ether oxygens (including phenoxy) is 1. The van der Waals surface area contributed by atoms with Gasteiger partial charge in [0.1, 0.15) is 0 Å². The van der Waals surface area contributed by atoms with Crippen LogP contribution in [0.2, 0.25) is 0 Å². The summed E-state index contributed by atoms with van der Waals surface area (Å²) in [6.07, 6.45) is 0.468. The summed E-state index contributed by atoms with van der Waals surface area (Å²) in [5, 5.41) is 3.04. The normalized spacial score (nSPS) is 23.8. The van der Waals surface area contributed by atoms with E-state index in [1.54, 1.807) is 0 Å². The van der Waals surface area contributed by atoms with Gasteiger partial charge in [-0.2, -0.15) is 0 Å². The van der Waals surface area contributed by atoms with Crippen LogP contribution < -0.4 is 5.32 Å². The van der Waals surface area contributed by atoms with Crippen molar-refractivity contribution in [3.8, 4) is 0 Å². The van der Waals surface area contributed by atoms with E-state index < -0.39 is 0 Å². The van der Waals surface area contributed by atoms with Gasteiger partial charge in [-0.05, 0) is 39.8 Å². The number of carbonyl (C=O) groups excluding carboxylic acids is 1. The maximum atomic E-state index is 12.1. The molecule has 1 heterocycles. The molecule has 21 heavy (non-hydrogen) atoms. The molecule has 1 aromatic carbocycles. The lowest BCUT2D eigenvalue weighted by Crippen LogP contribution is -2.58. The average Bonchev–Trinajstić information content (AvgIpc) is 2.45. The molecule has 1 aliphatic rings. The van der Waals surface area contributed by atoms with E-state index >= 15 is 0 Å². The van der Waals surface area contributed by atoms with Crippen LogP contribution in [0.3, 0.4) is 0 Å². The van der Waals surface area contributed by atoms with Gasteiger partial charge in [0.25, 0.3) is 5.91 Å². The van der Waals surface area contributed by atoms with E-state index in [0.29, 0.717) is 12.1 Å². The predicted octanol–water partition coefficient (Wildman–Crippen LogP) is 2.30. The number of nitrogens with one attached hydrogen (secondary N) is 1. The molecule has 116 valence electrons. The van der Waals surface area contributed by atoms with Gasteiger partial charge in [-0.1, -0.05) is 18.2 Å². The first kappa shape index (κ1) is 16.0.